The van der Waals surface area contributed by atoms with Gasteiger partial charge in [0, 0.05) is 23.3 Å². The lowest BCUT2D eigenvalue weighted by Gasteiger charge is -2.51. The van der Waals surface area contributed by atoms with Crippen LogP contribution >= 0.6 is 0 Å². The van der Waals surface area contributed by atoms with E-state index in [1.807, 2.05) is 6.07 Å². The van der Waals surface area contributed by atoms with Gasteiger partial charge in [0.2, 0.25) is 0 Å². The zero-order chi connectivity index (χ0) is 17.0. The van der Waals surface area contributed by atoms with Gasteiger partial charge in [-0.2, -0.15) is 0 Å². The standard InChI is InChI=1S/C19H20O6/c1-18-6-13(9-2-3-22-8-9)25-19(18)7-14(24-17(19)21)15-11-4-10(5-12(15)18)23-16(11)20/h2-3,8,10-15H,4-7H2,1H3/t10-,11+,12+,13+,14-,15+,18-,19+/m1/s1. The van der Waals surface area contributed by atoms with Crippen molar-refractivity contribution in [3.05, 3.63) is 24.2 Å². The molecule has 3 saturated heterocycles. The summed E-state index contributed by atoms with van der Waals surface area (Å²) in [6.45, 7) is 2.16. The van der Waals surface area contributed by atoms with Gasteiger partial charge in [-0.3, -0.25) is 4.79 Å². The third-order valence-electron chi connectivity index (χ3n) is 7.66. The first-order valence-corrected chi connectivity index (χ1v) is 9.13. The maximum absolute atomic E-state index is 12.9. The van der Waals surface area contributed by atoms with Gasteiger partial charge < -0.3 is 18.6 Å². The molecule has 1 aromatic heterocycles. The van der Waals surface area contributed by atoms with Crippen LogP contribution in [0, 0.1) is 23.2 Å². The predicted molar refractivity (Wildman–Crippen MR) is 82.1 cm³/mol. The van der Waals surface area contributed by atoms with E-state index in [9.17, 15) is 9.59 Å². The minimum absolute atomic E-state index is 0.0202. The molecule has 132 valence electrons. The van der Waals surface area contributed by atoms with Gasteiger partial charge in [-0.05, 0) is 31.2 Å². The van der Waals surface area contributed by atoms with Gasteiger partial charge in [0.05, 0.1) is 24.5 Å². The molecule has 6 nitrogen and oxygen atoms in total. The summed E-state index contributed by atoms with van der Waals surface area (Å²) in [6.07, 6.45) is 5.75. The summed E-state index contributed by atoms with van der Waals surface area (Å²) in [5.41, 5.74) is -0.293. The maximum atomic E-state index is 12.9. The smallest absolute Gasteiger partial charge is 0.339 e. The van der Waals surface area contributed by atoms with E-state index in [4.69, 9.17) is 18.6 Å². The highest BCUT2D eigenvalue weighted by molar-refractivity contribution is 5.85. The first-order valence-electron chi connectivity index (χ1n) is 9.13. The molecule has 6 heteroatoms. The minimum atomic E-state index is -0.902. The zero-order valence-electron chi connectivity index (χ0n) is 14.0. The van der Waals surface area contributed by atoms with Crippen LogP contribution < -0.4 is 0 Å². The molecule has 3 aliphatic heterocycles. The molecular formula is C19H20O6. The van der Waals surface area contributed by atoms with E-state index in [0.29, 0.717) is 6.42 Å². The fourth-order valence-electron chi connectivity index (χ4n) is 6.54. The Morgan fingerprint density at radius 2 is 2.04 bits per heavy atom. The van der Waals surface area contributed by atoms with Crippen LogP contribution in [0.25, 0.3) is 0 Å². The van der Waals surface area contributed by atoms with Crippen LogP contribution in [-0.4, -0.2) is 29.7 Å². The summed E-state index contributed by atoms with van der Waals surface area (Å²) in [5.74, 6) is -0.235. The summed E-state index contributed by atoms with van der Waals surface area (Å²) in [4.78, 5) is 25.2. The SMILES string of the molecule is C[C@]12C[C@@H](c3ccoc3)O[C@]13C[C@@H](OC3=O)[C@H]1[C@@H]3C[C@H](C[C@@H]12)OC3=O. The Balaban J connectivity index is 1.48. The second-order valence-electron chi connectivity index (χ2n) is 8.58. The molecule has 2 saturated carbocycles. The third-order valence-corrected chi connectivity index (χ3v) is 7.66. The molecule has 8 atom stereocenters. The molecule has 1 spiro atoms. The predicted octanol–water partition coefficient (Wildman–Crippen LogP) is 2.38. The lowest BCUT2D eigenvalue weighted by molar-refractivity contribution is -0.169. The molecule has 0 amide bonds. The van der Waals surface area contributed by atoms with Crippen molar-refractivity contribution in [1.29, 1.82) is 0 Å². The van der Waals surface area contributed by atoms with Crippen molar-refractivity contribution in [1.82, 2.24) is 0 Å². The van der Waals surface area contributed by atoms with Gasteiger partial charge in [0.1, 0.15) is 12.2 Å². The lowest BCUT2D eigenvalue weighted by atomic mass is 9.49. The van der Waals surface area contributed by atoms with Crippen LogP contribution in [0.1, 0.15) is 44.3 Å². The highest BCUT2D eigenvalue weighted by Gasteiger charge is 2.76. The van der Waals surface area contributed by atoms with Gasteiger partial charge in [-0.25, -0.2) is 4.79 Å². The van der Waals surface area contributed by atoms with Crippen LogP contribution in [-0.2, 0) is 23.8 Å². The van der Waals surface area contributed by atoms with E-state index >= 15 is 0 Å². The van der Waals surface area contributed by atoms with E-state index in [1.165, 1.54) is 0 Å². The average molecular weight is 344 g/mol. The average Bonchev–Trinajstić information content (AvgIpc) is 3.31. The molecule has 25 heavy (non-hydrogen) atoms. The molecule has 4 bridgehead atoms. The van der Waals surface area contributed by atoms with Crippen LogP contribution in [0.3, 0.4) is 0 Å². The van der Waals surface area contributed by atoms with Crippen molar-refractivity contribution in [2.24, 2.45) is 23.2 Å². The van der Waals surface area contributed by atoms with Crippen LogP contribution in [0.2, 0.25) is 0 Å². The quantitative estimate of drug-likeness (QED) is 0.728. The molecule has 0 aromatic carbocycles. The van der Waals surface area contributed by atoms with Gasteiger partial charge in [0.25, 0.3) is 0 Å². The first kappa shape index (κ1) is 14.4. The number of ether oxygens (including phenoxy) is 3. The molecule has 2 aliphatic carbocycles. The van der Waals surface area contributed by atoms with Gasteiger partial charge in [-0.15, -0.1) is 0 Å². The zero-order valence-corrected chi connectivity index (χ0v) is 14.0. The van der Waals surface area contributed by atoms with E-state index in [0.717, 1.165) is 24.8 Å². The molecule has 0 unspecified atom stereocenters. The Hall–Kier alpha value is -1.82. The summed E-state index contributed by atoms with van der Waals surface area (Å²) in [7, 11) is 0. The number of esters is 2. The van der Waals surface area contributed by atoms with Crippen molar-refractivity contribution < 1.29 is 28.2 Å². The van der Waals surface area contributed by atoms with E-state index < -0.39 is 5.60 Å². The van der Waals surface area contributed by atoms with Crippen LogP contribution in [0.4, 0.5) is 0 Å². The van der Waals surface area contributed by atoms with Crippen LogP contribution in [0.15, 0.2) is 23.0 Å². The molecule has 0 N–H and O–H groups in total. The largest absolute Gasteiger partial charge is 0.472 e. The van der Waals surface area contributed by atoms with Gasteiger partial charge in [-0.1, -0.05) is 6.92 Å². The number of fused-ring (bicyclic) bond motifs is 7. The molecular weight excluding hydrogens is 324 g/mol. The fourth-order valence-corrected chi connectivity index (χ4v) is 6.54. The molecule has 0 radical (unpaired) electrons. The van der Waals surface area contributed by atoms with Gasteiger partial charge in [0.15, 0.2) is 5.60 Å². The topological polar surface area (TPSA) is 75.0 Å². The molecule has 4 heterocycles. The van der Waals surface area contributed by atoms with Crippen molar-refractivity contribution in [3.63, 3.8) is 0 Å². The second kappa shape index (κ2) is 4.29. The van der Waals surface area contributed by atoms with Crippen molar-refractivity contribution in [2.75, 3.05) is 0 Å². The van der Waals surface area contributed by atoms with Crippen LogP contribution in [0.5, 0.6) is 0 Å². The Morgan fingerprint density at radius 1 is 1.16 bits per heavy atom. The summed E-state index contributed by atoms with van der Waals surface area (Å²) in [6, 6.07) is 1.90. The summed E-state index contributed by atoms with van der Waals surface area (Å²) < 4.78 is 23.0. The minimum Gasteiger partial charge on any atom is -0.472 e. The fraction of sp³-hybridized carbons (Fsp3) is 0.684. The van der Waals surface area contributed by atoms with E-state index in [2.05, 4.69) is 6.92 Å². The Labute approximate surface area is 144 Å². The number of hydrogen-bond donors (Lipinski definition) is 0. The Kier molecular flexibility index (Phi) is 2.46. The normalized spacial score (nSPS) is 52.5. The third kappa shape index (κ3) is 1.52. The summed E-state index contributed by atoms with van der Waals surface area (Å²) >= 11 is 0. The highest BCUT2D eigenvalue weighted by Crippen LogP contribution is 2.69. The maximum Gasteiger partial charge on any atom is 0.339 e. The van der Waals surface area contributed by atoms with Crippen molar-refractivity contribution in [2.45, 2.75) is 56.5 Å². The first-order chi connectivity index (χ1) is 12.0. The van der Waals surface area contributed by atoms with Gasteiger partial charge >= 0.3 is 11.9 Å². The molecule has 1 aromatic rings. The molecule has 6 rings (SSSR count). The second-order valence-corrected chi connectivity index (χ2v) is 8.58. The highest BCUT2D eigenvalue weighted by atomic mass is 16.6. The monoisotopic (exact) mass is 344 g/mol. The summed E-state index contributed by atoms with van der Waals surface area (Å²) in [5, 5.41) is 0. The Bertz CT molecular complexity index is 771. The lowest BCUT2D eigenvalue weighted by Crippen LogP contribution is -2.59. The number of carbonyl (C=O) groups excluding carboxylic acids is 2. The molecule has 5 fully saturated rings. The number of hydrogen-bond acceptors (Lipinski definition) is 6. The Morgan fingerprint density at radius 3 is 2.84 bits per heavy atom. The number of carbonyl (C=O) groups is 2. The van der Waals surface area contributed by atoms with E-state index in [-0.39, 0.29) is 53.4 Å². The van der Waals surface area contributed by atoms with Crippen molar-refractivity contribution >= 4 is 11.9 Å². The number of rotatable bonds is 1. The van der Waals surface area contributed by atoms with Crippen molar-refractivity contribution in [3.8, 4) is 0 Å². The molecule has 5 aliphatic rings. The van der Waals surface area contributed by atoms with E-state index in [1.54, 1.807) is 12.5 Å². The number of furan rings is 1.